The molecule has 1 heterocycles. The number of nitrogens with one attached hydrogen (secondary N) is 1. The van der Waals surface area contributed by atoms with Gasteiger partial charge in [0, 0.05) is 11.7 Å². The number of fused-ring (bicyclic) bond motifs is 1. The van der Waals surface area contributed by atoms with E-state index in [0.29, 0.717) is 12.1 Å². The number of rotatable bonds is 3. The Hall–Kier alpha value is -0.830. The average Bonchev–Trinajstić information content (AvgIpc) is 2.62. The SMILES string of the molecule is CCNC1CCCCCC1n1c(C)nc2c1CCCC2. The number of aromatic nitrogens is 2. The van der Waals surface area contributed by atoms with Gasteiger partial charge in [0.15, 0.2) is 0 Å². The molecule has 3 heteroatoms. The first-order valence-corrected chi connectivity index (χ1v) is 8.61. The summed E-state index contributed by atoms with van der Waals surface area (Å²) in [5, 5.41) is 3.75. The Kier molecular flexibility index (Phi) is 4.45. The lowest BCUT2D eigenvalue weighted by molar-refractivity contribution is 0.323. The third-order valence-corrected chi connectivity index (χ3v) is 5.12. The fourth-order valence-electron chi connectivity index (χ4n) is 4.24. The predicted octanol–water partition coefficient (Wildman–Crippen LogP) is 3.55. The fraction of sp³-hybridized carbons (Fsp3) is 0.824. The van der Waals surface area contributed by atoms with E-state index in [1.54, 1.807) is 5.69 Å². The topological polar surface area (TPSA) is 29.9 Å². The summed E-state index contributed by atoms with van der Waals surface area (Å²) in [6.45, 7) is 5.53. The molecule has 1 aromatic heterocycles. The van der Waals surface area contributed by atoms with Crippen LogP contribution >= 0.6 is 0 Å². The molecule has 2 unspecified atom stereocenters. The van der Waals surface area contributed by atoms with Gasteiger partial charge in [0.2, 0.25) is 0 Å². The van der Waals surface area contributed by atoms with E-state index in [9.17, 15) is 0 Å². The summed E-state index contributed by atoms with van der Waals surface area (Å²) in [7, 11) is 0. The van der Waals surface area contributed by atoms with Crippen LogP contribution in [-0.2, 0) is 12.8 Å². The second kappa shape index (κ2) is 6.30. The van der Waals surface area contributed by atoms with Crippen LogP contribution in [0.5, 0.6) is 0 Å². The highest BCUT2D eigenvalue weighted by Crippen LogP contribution is 2.33. The highest BCUT2D eigenvalue weighted by molar-refractivity contribution is 5.21. The third kappa shape index (κ3) is 2.65. The lowest BCUT2D eigenvalue weighted by Crippen LogP contribution is -2.38. The molecular weight excluding hydrogens is 246 g/mol. The normalized spacial score (nSPS) is 27.1. The summed E-state index contributed by atoms with van der Waals surface area (Å²) in [6.07, 6.45) is 11.9. The molecule has 1 fully saturated rings. The molecule has 1 saturated carbocycles. The number of imidazole rings is 1. The first kappa shape index (κ1) is 14.1. The van der Waals surface area contributed by atoms with Gasteiger partial charge < -0.3 is 9.88 Å². The van der Waals surface area contributed by atoms with Gasteiger partial charge in [-0.15, -0.1) is 0 Å². The van der Waals surface area contributed by atoms with Crippen LogP contribution in [0.25, 0.3) is 0 Å². The maximum atomic E-state index is 4.89. The van der Waals surface area contributed by atoms with E-state index < -0.39 is 0 Å². The van der Waals surface area contributed by atoms with E-state index in [1.165, 1.54) is 69.3 Å². The predicted molar refractivity (Wildman–Crippen MR) is 83.2 cm³/mol. The Labute approximate surface area is 123 Å². The largest absolute Gasteiger partial charge is 0.327 e. The lowest BCUT2D eigenvalue weighted by Gasteiger charge is -2.30. The summed E-state index contributed by atoms with van der Waals surface area (Å²) in [4.78, 5) is 4.89. The summed E-state index contributed by atoms with van der Waals surface area (Å²) in [5.41, 5.74) is 2.96. The minimum Gasteiger partial charge on any atom is -0.327 e. The van der Waals surface area contributed by atoms with Crippen molar-refractivity contribution >= 4 is 0 Å². The van der Waals surface area contributed by atoms with E-state index in [0.717, 1.165) is 6.54 Å². The highest BCUT2D eigenvalue weighted by Gasteiger charge is 2.29. The van der Waals surface area contributed by atoms with Gasteiger partial charge >= 0.3 is 0 Å². The van der Waals surface area contributed by atoms with Crippen LogP contribution in [0.15, 0.2) is 0 Å². The zero-order valence-corrected chi connectivity index (χ0v) is 13.1. The van der Waals surface area contributed by atoms with Gasteiger partial charge in [-0.05, 0) is 52.0 Å². The van der Waals surface area contributed by atoms with Crippen molar-refractivity contribution in [3.05, 3.63) is 17.2 Å². The molecule has 20 heavy (non-hydrogen) atoms. The minimum absolute atomic E-state index is 0.631. The zero-order valence-electron chi connectivity index (χ0n) is 13.1. The van der Waals surface area contributed by atoms with Gasteiger partial charge in [-0.3, -0.25) is 0 Å². The van der Waals surface area contributed by atoms with Crippen LogP contribution in [0.4, 0.5) is 0 Å². The molecule has 0 bridgehead atoms. The van der Waals surface area contributed by atoms with Crippen molar-refractivity contribution in [2.24, 2.45) is 0 Å². The van der Waals surface area contributed by atoms with Crippen LogP contribution in [0.2, 0.25) is 0 Å². The molecule has 2 aliphatic carbocycles. The summed E-state index contributed by atoms with van der Waals surface area (Å²) >= 11 is 0. The molecule has 3 nitrogen and oxygen atoms in total. The molecule has 3 rings (SSSR count). The Balaban J connectivity index is 1.94. The Bertz CT molecular complexity index is 449. The Morgan fingerprint density at radius 1 is 1.10 bits per heavy atom. The number of likely N-dealkylation sites (N-methyl/N-ethyl adjacent to an activating group) is 1. The molecule has 0 spiro atoms. The van der Waals surface area contributed by atoms with Crippen LogP contribution in [0.3, 0.4) is 0 Å². The molecule has 0 aromatic carbocycles. The molecule has 1 aromatic rings. The minimum atomic E-state index is 0.631. The van der Waals surface area contributed by atoms with E-state index >= 15 is 0 Å². The molecule has 0 radical (unpaired) electrons. The maximum absolute atomic E-state index is 4.89. The van der Waals surface area contributed by atoms with Crippen LogP contribution in [0.1, 0.15) is 75.1 Å². The standard InChI is InChI=1S/C17H29N3/c1-3-18-14-9-5-4-6-11-16(14)20-13(2)19-15-10-7-8-12-17(15)20/h14,16,18H,3-12H2,1-2H3. The monoisotopic (exact) mass is 275 g/mol. The van der Waals surface area contributed by atoms with Gasteiger partial charge in [0.1, 0.15) is 5.82 Å². The summed E-state index contributed by atoms with van der Waals surface area (Å²) in [6, 6.07) is 1.27. The van der Waals surface area contributed by atoms with Crippen molar-refractivity contribution in [3.63, 3.8) is 0 Å². The second-order valence-electron chi connectivity index (χ2n) is 6.50. The molecular formula is C17H29N3. The molecule has 0 saturated heterocycles. The third-order valence-electron chi connectivity index (χ3n) is 5.12. The van der Waals surface area contributed by atoms with Crippen molar-refractivity contribution in [2.75, 3.05) is 6.54 Å². The van der Waals surface area contributed by atoms with Gasteiger partial charge in [-0.1, -0.05) is 26.2 Å². The molecule has 0 aliphatic heterocycles. The Morgan fingerprint density at radius 2 is 1.90 bits per heavy atom. The average molecular weight is 275 g/mol. The number of hydrogen-bond acceptors (Lipinski definition) is 2. The molecule has 1 N–H and O–H groups in total. The quantitative estimate of drug-likeness (QED) is 0.855. The van der Waals surface area contributed by atoms with Gasteiger partial charge in [-0.2, -0.15) is 0 Å². The van der Waals surface area contributed by atoms with Crippen LogP contribution in [-0.4, -0.2) is 22.1 Å². The number of hydrogen-bond donors (Lipinski definition) is 1. The summed E-state index contributed by atoms with van der Waals surface area (Å²) in [5.74, 6) is 1.26. The van der Waals surface area contributed by atoms with Gasteiger partial charge in [0.25, 0.3) is 0 Å². The first-order valence-electron chi connectivity index (χ1n) is 8.61. The highest BCUT2D eigenvalue weighted by atomic mass is 15.2. The number of nitrogens with zero attached hydrogens (tertiary/aromatic N) is 2. The lowest BCUT2D eigenvalue weighted by atomic mass is 9.98. The fourth-order valence-corrected chi connectivity index (χ4v) is 4.24. The van der Waals surface area contributed by atoms with Gasteiger partial charge in [-0.25, -0.2) is 4.98 Å². The van der Waals surface area contributed by atoms with Crippen molar-refractivity contribution in [1.29, 1.82) is 0 Å². The second-order valence-corrected chi connectivity index (χ2v) is 6.50. The van der Waals surface area contributed by atoms with Crippen molar-refractivity contribution in [2.45, 2.75) is 83.7 Å². The van der Waals surface area contributed by atoms with Crippen LogP contribution < -0.4 is 5.32 Å². The maximum Gasteiger partial charge on any atom is 0.106 e. The smallest absolute Gasteiger partial charge is 0.106 e. The zero-order chi connectivity index (χ0) is 13.9. The van der Waals surface area contributed by atoms with E-state index in [4.69, 9.17) is 4.98 Å². The first-order chi connectivity index (χ1) is 9.81. The van der Waals surface area contributed by atoms with Crippen LogP contribution in [0, 0.1) is 6.92 Å². The summed E-state index contributed by atoms with van der Waals surface area (Å²) < 4.78 is 2.62. The van der Waals surface area contributed by atoms with Crippen molar-refractivity contribution in [3.8, 4) is 0 Å². The molecule has 2 atom stereocenters. The van der Waals surface area contributed by atoms with Crippen molar-refractivity contribution in [1.82, 2.24) is 14.9 Å². The van der Waals surface area contributed by atoms with E-state index in [2.05, 4.69) is 23.7 Å². The molecule has 0 amide bonds. The van der Waals surface area contributed by atoms with Crippen molar-refractivity contribution < 1.29 is 0 Å². The number of aryl methyl sites for hydroxylation is 2. The molecule has 2 aliphatic rings. The van der Waals surface area contributed by atoms with E-state index in [-0.39, 0.29) is 0 Å². The van der Waals surface area contributed by atoms with Gasteiger partial charge in [0.05, 0.1) is 11.7 Å². The molecule has 112 valence electrons. The Morgan fingerprint density at radius 3 is 2.75 bits per heavy atom. The van der Waals surface area contributed by atoms with E-state index in [1.807, 2.05) is 0 Å².